The minimum atomic E-state index is 0.372. The van der Waals surface area contributed by atoms with Crippen LogP contribution in [0.1, 0.15) is 38.3 Å². The molecule has 1 N–H and O–H groups in total. The lowest BCUT2D eigenvalue weighted by atomic mass is 9.90. The zero-order valence-corrected chi connectivity index (χ0v) is 11.8. The Morgan fingerprint density at radius 2 is 2.05 bits per heavy atom. The molecule has 0 spiro atoms. The normalized spacial score (nSPS) is 34.4. The molecule has 19 heavy (non-hydrogen) atoms. The molecule has 1 aromatic carbocycles. The summed E-state index contributed by atoms with van der Waals surface area (Å²) in [6.45, 7) is 6.09. The summed E-state index contributed by atoms with van der Waals surface area (Å²) in [7, 11) is 0. The highest BCUT2D eigenvalue weighted by Gasteiger charge is 2.30. The van der Waals surface area contributed by atoms with Crippen molar-refractivity contribution in [1.82, 2.24) is 5.32 Å². The fraction of sp³-hybridized carbons (Fsp3) is 0.625. The maximum absolute atomic E-state index is 5.81. The highest BCUT2D eigenvalue weighted by Crippen LogP contribution is 2.35. The van der Waals surface area contributed by atoms with Crippen molar-refractivity contribution in [2.45, 2.75) is 44.9 Å². The van der Waals surface area contributed by atoms with Crippen LogP contribution < -0.4 is 10.1 Å². The summed E-state index contributed by atoms with van der Waals surface area (Å²) in [5, 5.41) is 3.83. The molecule has 3 rings (SSSR count). The van der Waals surface area contributed by atoms with E-state index in [0.29, 0.717) is 24.1 Å². The molecule has 4 atom stereocenters. The molecule has 2 heterocycles. The van der Waals surface area contributed by atoms with E-state index in [9.17, 15) is 0 Å². The first-order chi connectivity index (χ1) is 9.24. The molecule has 0 radical (unpaired) electrons. The maximum atomic E-state index is 5.81. The van der Waals surface area contributed by atoms with Crippen LogP contribution in [0.4, 0.5) is 0 Å². The highest BCUT2D eigenvalue weighted by atomic mass is 16.5. The number of hydrogen-bond acceptors (Lipinski definition) is 3. The second kappa shape index (κ2) is 5.51. The molecule has 1 saturated heterocycles. The fourth-order valence-electron chi connectivity index (χ4n) is 3.15. The minimum Gasteiger partial charge on any atom is -0.493 e. The predicted molar refractivity (Wildman–Crippen MR) is 75.4 cm³/mol. The molecule has 3 nitrogen and oxygen atoms in total. The van der Waals surface area contributed by atoms with Gasteiger partial charge in [0.25, 0.3) is 0 Å². The van der Waals surface area contributed by atoms with E-state index in [1.807, 2.05) is 6.07 Å². The topological polar surface area (TPSA) is 30.5 Å². The van der Waals surface area contributed by atoms with Gasteiger partial charge in [-0.25, -0.2) is 0 Å². The molecule has 0 aromatic heterocycles. The largest absolute Gasteiger partial charge is 0.493 e. The Kier molecular flexibility index (Phi) is 3.76. The monoisotopic (exact) mass is 261 g/mol. The first-order valence-electron chi connectivity index (χ1n) is 7.33. The summed E-state index contributed by atoms with van der Waals surface area (Å²) in [5.41, 5.74) is 1.31. The van der Waals surface area contributed by atoms with Crippen molar-refractivity contribution in [3.8, 4) is 5.75 Å². The van der Waals surface area contributed by atoms with Crippen LogP contribution in [0.5, 0.6) is 5.75 Å². The summed E-state index contributed by atoms with van der Waals surface area (Å²) < 4.78 is 11.4. The number of nitrogens with one attached hydrogen (secondary N) is 1. The maximum Gasteiger partial charge on any atom is 0.124 e. The molecule has 104 valence electrons. The molecule has 0 amide bonds. The van der Waals surface area contributed by atoms with Crippen molar-refractivity contribution in [3.05, 3.63) is 29.8 Å². The quantitative estimate of drug-likeness (QED) is 0.888. The van der Waals surface area contributed by atoms with E-state index in [0.717, 1.165) is 31.8 Å². The van der Waals surface area contributed by atoms with Gasteiger partial charge in [-0.3, -0.25) is 0 Å². The van der Waals surface area contributed by atoms with Crippen LogP contribution in [0.2, 0.25) is 0 Å². The standard InChI is InChI=1S/C16H23NO2/c1-11-10-19-15-6-4-3-5-14(15)16(11)17-13-7-8-18-12(2)9-13/h3-6,11-13,16-17H,7-10H2,1-2H3. The van der Waals surface area contributed by atoms with E-state index >= 15 is 0 Å². The van der Waals surface area contributed by atoms with Gasteiger partial charge in [0.2, 0.25) is 0 Å². The summed E-state index contributed by atoms with van der Waals surface area (Å²) in [6.07, 6.45) is 2.58. The van der Waals surface area contributed by atoms with Gasteiger partial charge in [-0.2, -0.15) is 0 Å². The average Bonchev–Trinajstić information content (AvgIpc) is 2.42. The second-order valence-corrected chi connectivity index (χ2v) is 5.87. The lowest BCUT2D eigenvalue weighted by Gasteiger charge is -2.37. The molecule has 0 aliphatic carbocycles. The predicted octanol–water partition coefficient (Wildman–Crippen LogP) is 2.91. The number of rotatable bonds is 2. The van der Waals surface area contributed by atoms with Crippen molar-refractivity contribution >= 4 is 0 Å². The molecule has 0 bridgehead atoms. The minimum absolute atomic E-state index is 0.372. The molecule has 3 heteroatoms. The molecular weight excluding hydrogens is 238 g/mol. The van der Waals surface area contributed by atoms with Gasteiger partial charge in [0.15, 0.2) is 0 Å². The van der Waals surface area contributed by atoms with Gasteiger partial charge < -0.3 is 14.8 Å². The molecule has 2 aliphatic heterocycles. The summed E-state index contributed by atoms with van der Waals surface area (Å²) >= 11 is 0. The molecule has 1 fully saturated rings. The van der Waals surface area contributed by atoms with Gasteiger partial charge in [-0.05, 0) is 25.8 Å². The number of ether oxygens (including phenoxy) is 2. The third kappa shape index (κ3) is 2.77. The molecule has 0 saturated carbocycles. The van der Waals surface area contributed by atoms with E-state index in [2.05, 4.69) is 37.4 Å². The van der Waals surface area contributed by atoms with E-state index in [4.69, 9.17) is 9.47 Å². The van der Waals surface area contributed by atoms with Gasteiger partial charge in [0.1, 0.15) is 5.75 Å². The lowest BCUT2D eigenvalue weighted by molar-refractivity contribution is 0.00823. The van der Waals surface area contributed by atoms with E-state index in [1.54, 1.807) is 0 Å². The van der Waals surface area contributed by atoms with Crippen LogP contribution in [0.15, 0.2) is 24.3 Å². The van der Waals surface area contributed by atoms with Crippen molar-refractivity contribution in [1.29, 1.82) is 0 Å². The number of para-hydroxylation sites is 1. The molecule has 2 aliphatic rings. The SMILES string of the molecule is CC1CC(NC2c3ccccc3OCC2C)CCO1. The van der Waals surface area contributed by atoms with E-state index < -0.39 is 0 Å². The Bertz CT molecular complexity index is 435. The number of fused-ring (bicyclic) bond motifs is 1. The van der Waals surface area contributed by atoms with Gasteiger partial charge in [-0.1, -0.05) is 25.1 Å². The molecule has 1 aromatic rings. The number of benzene rings is 1. The molecule has 4 unspecified atom stereocenters. The van der Waals surface area contributed by atoms with Gasteiger partial charge in [0, 0.05) is 30.2 Å². The van der Waals surface area contributed by atoms with Crippen LogP contribution in [-0.4, -0.2) is 25.4 Å². The zero-order valence-electron chi connectivity index (χ0n) is 11.8. The van der Waals surface area contributed by atoms with Crippen LogP contribution >= 0.6 is 0 Å². The average molecular weight is 261 g/mol. The van der Waals surface area contributed by atoms with E-state index in [1.165, 1.54) is 5.56 Å². The Balaban J connectivity index is 1.76. The summed E-state index contributed by atoms with van der Waals surface area (Å²) in [4.78, 5) is 0. The van der Waals surface area contributed by atoms with Crippen molar-refractivity contribution in [3.63, 3.8) is 0 Å². The highest BCUT2D eigenvalue weighted by molar-refractivity contribution is 5.38. The Morgan fingerprint density at radius 1 is 1.21 bits per heavy atom. The van der Waals surface area contributed by atoms with Crippen LogP contribution in [-0.2, 0) is 4.74 Å². The Labute approximate surface area is 115 Å². The van der Waals surface area contributed by atoms with Gasteiger partial charge >= 0.3 is 0 Å². The first-order valence-corrected chi connectivity index (χ1v) is 7.33. The summed E-state index contributed by atoms with van der Waals surface area (Å²) in [6, 6.07) is 9.36. The van der Waals surface area contributed by atoms with Crippen LogP contribution in [0.3, 0.4) is 0 Å². The molecular formula is C16H23NO2. The van der Waals surface area contributed by atoms with E-state index in [-0.39, 0.29) is 0 Å². The van der Waals surface area contributed by atoms with Crippen molar-refractivity contribution in [2.24, 2.45) is 5.92 Å². The third-order valence-electron chi connectivity index (χ3n) is 4.23. The second-order valence-electron chi connectivity index (χ2n) is 5.87. The summed E-state index contributed by atoms with van der Waals surface area (Å²) in [5.74, 6) is 1.55. The van der Waals surface area contributed by atoms with Crippen LogP contribution in [0, 0.1) is 5.92 Å². The Hall–Kier alpha value is -1.06. The smallest absolute Gasteiger partial charge is 0.124 e. The third-order valence-corrected chi connectivity index (χ3v) is 4.23. The first kappa shape index (κ1) is 12.9. The van der Waals surface area contributed by atoms with Gasteiger partial charge in [-0.15, -0.1) is 0 Å². The lowest BCUT2D eigenvalue weighted by Crippen LogP contribution is -2.44. The Morgan fingerprint density at radius 3 is 2.89 bits per heavy atom. The zero-order chi connectivity index (χ0) is 13.2. The van der Waals surface area contributed by atoms with Gasteiger partial charge in [0.05, 0.1) is 12.7 Å². The van der Waals surface area contributed by atoms with Crippen molar-refractivity contribution in [2.75, 3.05) is 13.2 Å². The van der Waals surface area contributed by atoms with Crippen molar-refractivity contribution < 1.29 is 9.47 Å². The fourth-order valence-corrected chi connectivity index (χ4v) is 3.15. The van der Waals surface area contributed by atoms with Crippen LogP contribution in [0.25, 0.3) is 0 Å². The number of hydrogen-bond donors (Lipinski definition) is 1.